The molecule has 9 nitrogen and oxygen atoms in total. The first kappa shape index (κ1) is 27.3. The lowest BCUT2D eigenvalue weighted by molar-refractivity contribution is -0.0591. The number of esters is 1. The molecule has 2 aliphatic heterocycles. The molecule has 7 rings (SSSR count). The van der Waals surface area contributed by atoms with Gasteiger partial charge in [0, 0.05) is 37.7 Å². The van der Waals surface area contributed by atoms with E-state index in [1.165, 1.54) is 13.2 Å². The van der Waals surface area contributed by atoms with Crippen molar-refractivity contribution in [2.45, 2.75) is 44.9 Å². The Morgan fingerprint density at radius 1 is 1.21 bits per heavy atom. The van der Waals surface area contributed by atoms with E-state index in [2.05, 4.69) is 9.47 Å². The maximum absolute atomic E-state index is 14.3. The van der Waals surface area contributed by atoms with E-state index in [4.69, 9.17) is 29.4 Å². The van der Waals surface area contributed by atoms with E-state index < -0.39 is 5.82 Å². The van der Waals surface area contributed by atoms with Crippen molar-refractivity contribution in [3.63, 3.8) is 0 Å². The van der Waals surface area contributed by atoms with Crippen molar-refractivity contribution in [2.24, 2.45) is 11.3 Å². The molecule has 1 saturated carbocycles. The fraction of sp³-hybridized carbons (Fsp3) is 0.394. The van der Waals surface area contributed by atoms with Gasteiger partial charge in [-0.3, -0.25) is 0 Å². The van der Waals surface area contributed by atoms with E-state index in [0.717, 1.165) is 74.6 Å². The van der Waals surface area contributed by atoms with Gasteiger partial charge in [0.15, 0.2) is 0 Å². The van der Waals surface area contributed by atoms with Crippen molar-refractivity contribution >= 4 is 22.8 Å². The summed E-state index contributed by atoms with van der Waals surface area (Å²) in [5.74, 6) is 2.05. The number of hydrogen-bond acceptors (Lipinski definition) is 8. The number of piperidine rings is 1. The van der Waals surface area contributed by atoms with Crippen LogP contribution in [0.2, 0.25) is 0 Å². The minimum atomic E-state index is -0.464. The van der Waals surface area contributed by atoms with Gasteiger partial charge in [0.05, 0.1) is 48.0 Å². The van der Waals surface area contributed by atoms with E-state index in [-0.39, 0.29) is 29.7 Å². The highest BCUT2D eigenvalue weighted by Gasteiger charge is 2.57. The van der Waals surface area contributed by atoms with E-state index in [1.54, 1.807) is 24.3 Å². The van der Waals surface area contributed by atoms with Crippen molar-refractivity contribution in [1.29, 1.82) is 5.26 Å². The number of aromatic nitrogens is 3. The van der Waals surface area contributed by atoms with Gasteiger partial charge in [-0.2, -0.15) is 10.2 Å². The molecular weight excluding hydrogens is 549 g/mol. The number of hydrogen-bond donors (Lipinski definition) is 0. The molecule has 3 aliphatic rings. The Balaban J connectivity index is 1.04. The van der Waals surface area contributed by atoms with E-state index in [9.17, 15) is 9.18 Å². The number of ether oxygens (including phenoxy) is 3. The summed E-state index contributed by atoms with van der Waals surface area (Å²) in [6.07, 6.45) is 4.23. The van der Waals surface area contributed by atoms with Gasteiger partial charge in [0.25, 0.3) is 0 Å². The Morgan fingerprint density at radius 3 is 2.84 bits per heavy atom. The SMILES string of the molecule is COC(=O)c1ccc2nc(CC34CCN(c5cccc(OCc6ccc(C#N)cc6F)n5)CC3C4)n(C[C@@H]3CCO3)c2c1. The van der Waals surface area contributed by atoms with Crippen LogP contribution in [0, 0.1) is 28.5 Å². The lowest BCUT2D eigenvalue weighted by atomic mass is 9.91. The average molecular weight is 582 g/mol. The van der Waals surface area contributed by atoms with Crippen LogP contribution in [0.3, 0.4) is 0 Å². The van der Waals surface area contributed by atoms with Gasteiger partial charge in [0.2, 0.25) is 5.88 Å². The fourth-order valence-corrected chi connectivity index (χ4v) is 6.47. The summed E-state index contributed by atoms with van der Waals surface area (Å²) in [6, 6.07) is 17.6. The third kappa shape index (κ3) is 5.30. The van der Waals surface area contributed by atoms with Gasteiger partial charge in [-0.25, -0.2) is 14.2 Å². The number of benzene rings is 2. The maximum Gasteiger partial charge on any atom is 0.337 e. The predicted molar refractivity (Wildman–Crippen MR) is 156 cm³/mol. The van der Waals surface area contributed by atoms with E-state index in [0.29, 0.717) is 22.9 Å². The third-order valence-corrected chi connectivity index (χ3v) is 9.21. The highest BCUT2D eigenvalue weighted by molar-refractivity contribution is 5.93. The number of carbonyl (C=O) groups is 1. The van der Waals surface area contributed by atoms with Crippen LogP contribution in [0.1, 0.15) is 46.6 Å². The van der Waals surface area contributed by atoms with Gasteiger partial charge < -0.3 is 23.7 Å². The summed E-state index contributed by atoms with van der Waals surface area (Å²) in [6.45, 7) is 3.32. The molecule has 3 atom stereocenters. The van der Waals surface area contributed by atoms with Gasteiger partial charge >= 0.3 is 5.97 Å². The summed E-state index contributed by atoms with van der Waals surface area (Å²) in [7, 11) is 1.40. The first-order valence-corrected chi connectivity index (χ1v) is 14.7. The molecule has 0 amide bonds. The standard InChI is InChI=1S/C33H32FN5O4/c1-41-32(40)22-7-8-27-28(14-22)39(19-25-9-12-42-25)30(36-27)16-33-10-11-38(18-24(33)15-33)29-3-2-4-31(37-29)43-20-23-6-5-21(17-35)13-26(23)34/h2-8,13-14,24-25H,9-12,15-16,18-20H2,1H3/t24?,25-,33?/m0/s1. The number of pyridine rings is 1. The second kappa shape index (κ2) is 11.0. The summed E-state index contributed by atoms with van der Waals surface area (Å²) < 4.78 is 33.1. The Morgan fingerprint density at radius 2 is 2.09 bits per heavy atom. The maximum atomic E-state index is 14.3. The van der Waals surface area contributed by atoms with Crippen LogP contribution in [0.4, 0.5) is 10.2 Å². The van der Waals surface area contributed by atoms with Crippen molar-refractivity contribution in [3.8, 4) is 11.9 Å². The lowest BCUT2D eigenvalue weighted by Crippen LogP contribution is -2.37. The summed E-state index contributed by atoms with van der Waals surface area (Å²) in [5, 5.41) is 8.96. The van der Waals surface area contributed by atoms with Gasteiger partial charge in [0.1, 0.15) is 24.1 Å². The smallest absolute Gasteiger partial charge is 0.337 e. The molecule has 0 spiro atoms. The second-order valence-electron chi connectivity index (χ2n) is 11.8. The van der Waals surface area contributed by atoms with E-state index >= 15 is 0 Å². The summed E-state index contributed by atoms with van der Waals surface area (Å²) in [5.41, 5.74) is 3.20. The van der Waals surface area contributed by atoms with Crippen molar-refractivity contribution in [1.82, 2.24) is 14.5 Å². The van der Waals surface area contributed by atoms with Crippen LogP contribution in [0.15, 0.2) is 54.6 Å². The van der Waals surface area contributed by atoms with Crippen LogP contribution in [-0.2, 0) is 29.0 Å². The Kier molecular flexibility index (Phi) is 6.98. The zero-order valence-corrected chi connectivity index (χ0v) is 24.0. The number of rotatable bonds is 9. The van der Waals surface area contributed by atoms with Crippen molar-refractivity contribution < 1.29 is 23.4 Å². The number of nitriles is 1. The summed E-state index contributed by atoms with van der Waals surface area (Å²) >= 11 is 0. The molecule has 4 aromatic rings. The van der Waals surface area contributed by atoms with Gasteiger partial charge in [-0.15, -0.1) is 0 Å². The molecule has 0 radical (unpaired) electrons. The minimum absolute atomic E-state index is 0.0355. The Hall–Kier alpha value is -4.49. The summed E-state index contributed by atoms with van der Waals surface area (Å²) in [4.78, 5) is 24.3. The fourth-order valence-electron chi connectivity index (χ4n) is 6.47. The van der Waals surface area contributed by atoms with Crippen LogP contribution in [-0.4, -0.2) is 53.4 Å². The van der Waals surface area contributed by atoms with Crippen molar-refractivity contribution in [2.75, 3.05) is 31.7 Å². The van der Waals surface area contributed by atoms with Crippen LogP contribution < -0.4 is 9.64 Å². The molecule has 1 aliphatic carbocycles. The topological polar surface area (TPSA) is 102 Å². The number of nitrogens with zero attached hydrogens (tertiary/aromatic N) is 5. The lowest BCUT2D eigenvalue weighted by Gasteiger charge is -2.33. The van der Waals surface area contributed by atoms with Gasteiger partial charge in [-0.1, -0.05) is 12.1 Å². The van der Waals surface area contributed by atoms with Crippen LogP contribution in [0.25, 0.3) is 11.0 Å². The molecule has 2 aromatic carbocycles. The molecule has 4 heterocycles. The zero-order chi connectivity index (χ0) is 29.6. The molecule has 0 bridgehead atoms. The number of fused-ring (bicyclic) bond motifs is 2. The largest absolute Gasteiger partial charge is 0.473 e. The molecule has 2 aromatic heterocycles. The highest BCUT2D eigenvalue weighted by atomic mass is 19.1. The monoisotopic (exact) mass is 581 g/mol. The number of anilines is 1. The first-order chi connectivity index (χ1) is 20.9. The average Bonchev–Trinajstić information content (AvgIpc) is 3.62. The number of methoxy groups -OCH3 is 1. The predicted octanol–water partition coefficient (Wildman–Crippen LogP) is 5.06. The Bertz CT molecular complexity index is 1750. The van der Waals surface area contributed by atoms with Crippen LogP contribution >= 0.6 is 0 Å². The second-order valence-corrected chi connectivity index (χ2v) is 11.8. The molecule has 0 N–H and O–H groups in total. The number of carbonyl (C=O) groups excluding carboxylic acids is 1. The number of halogens is 1. The molecule has 220 valence electrons. The Labute approximate surface area is 248 Å². The molecule has 10 heteroatoms. The quantitative estimate of drug-likeness (QED) is 0.253. The molecule has 2 unspecified atom stereocenters. The molecular formula is C33H32FN5O4. The first-order valence-electron chi connectivity index (χ1n) is 14.7. The molecule has 43 heavy (non-hydrogen) atoms. The molecule has 2 saturated heterocycles. The van der Waals surface area contributed by atoms with Gasteiger partial charge in [-0.05, 0) is 67.0 Å². The number of imidazole rings is 1. The van der Waals surface area contributed by atoms with Crippen LogP contribution in [0.5, 0.6) is 5.88 Å². The molecule has 3 fully saturated rings. The highest BCUT2D eigenvalue weighted by Crippen LogP contribution is 2.60. The third-order valence-electron chi connectivity index (χ3n) is 9.21. The normalized spacial score (nSPS) is 22.4. The zero-order valence-electron chi connectivity index (χ0n) is 24.0. The van der Waals surface area contributed by atoms with Crippen molar-refractivity contribution in [3.05, 3.63) is 82.9 Å². The minimum Gasteiger partial charge on any atom is -0.473 e. The van der Waals surface area contributed by atoms with E-state index in [1.807, 2.05) is 30.3 Å².